The van der Waals surface area contributed by atoms with Crippen LogP contribution in [0, 0.1) is 0 Å². The van der Waals surface area contributed by atoms with Gasteiger partial charge in [-0.25, -0.2) is 0 Å². The molecule has 1 unspecified atom stereocenters. The van der Waals surface area contributed by atoms with Gasteiger partial charge in [-0.15, -0.1) is 0 Å². The van der Waals surface area contributed by atoms with Crippen molar-refractivity contribution in [3.05, 3.63) is 457 Å². The number of nitrogens with zero attached hydrogens (tertiary/aromatic N) is 2. The van der Waals surface area contributed by atoms with Crippen molar-refractivity contribution >= 4 is 55.7 Å². The van der Waals surface area contributed by atoms with Crippen LogP contribution in [0.4, 0.5) is 34.1 Å². The Hall–Kier alpha value is -13.1. The summed E-state index contributed by atoms with van der Waals surface area (Å²) in [5, 5.41) is 4.65. The third kappa shape index (κ3) is 9.71. The minimum Gasteiger partial charge on any atom is -0.309 e. The molecule has 2 aliphatic carbocycles. The third-order valence-corrected chi connectivity index (χ3v) is 21.5. The molecule has 2 nitrogen and oxygen atoms in total. The van der Waals surface area contributed by atoms with E-state index in [1.165, 1.54) is 83.1 Å². The molecular weight excluding hydrogens is 1230 g/mol. The SMILES string of the molecule is c1ccc(-c2cccc(N(c3cccc4c3-c3ccccc3C4(c3ccccc3)c3ccccc3)c3cccc4cc(-c5cccc(C6(c7ccccc7)c7ccccc7-c7c(N(c8cc(-c9ccccc9)cc(-c9ccccc9)c8)c8cccc9ccccc89)cccc76)c5)ccc34)c2)cc1. The fourth-order valence-electron chi connectivity index (χ4n) is 17.2. The van der Waals surface area contributed by atoms with E-state index in [0.29, 0.717) is 0 Å². The summed E-state index contributed by atoms with van der Waals surface area (Å²) in [5.74, 6) is 0. The van der Waals surface area contributed by atoms with Crippen molar-refractivity contribution in [1.29, 1.82) is 0 Å². The predicted molar refractivity (Wildman–Crippen MR) is 427 cm³/mol. The van der Waals surface area contributed by atoms with Gasteiger partial charge in [-0.1, -0.05) is 346 Å². The predicted octanol–water partition coefficient (Wildman–Crippen LogP) is 26.3. The Labute approximate surface area is 596 Å². The summed E-state index contributed by atoms with van der Waals surface area (Å²) in [5.41, 5.74) is 29.3. The summed E-state index contributed by atoms with van der Waals surface area (Å²) in [6.07, 6.45) is 0. The average molecular weight is 1300 g/mol. The summed E-state index contributed by atoms with van der Waals surface area (Å²) >= 11 is 0. The fourth-order valence-corrected chi connectivity index (χ4v) is 17.2. The molecule has 0 heterocycles. The van der Waals surface area contributed by atoms with E-state index in [4.69, 9.17) is 0 Å². The minimum absolute atomic E-state index is 0.575. The molecular formula is C100H68N2. The van der Waals surface area contributed by atoms with Gasteiger partial charge in [0.1, 0.15) is 0 Å². The summed E-state index contributed by atoms with van der Waals surface area (Å²) < 4.78 is 0. The van der Waals surface area contributed by atoms with Gasteiger partial charge in [0.25, 0.3) is 0 Å². The van der Waals surface area contributed by atoms with Gasteiger partial charge >= 0.3 is 0 Å². The van der Waals surface area contributed by atoms with Crippen molar-refractivity contribution in [1.82, 2.24) is 0 Å². The maximum Gasteiger partial charge on any atom is 0.0714 e. The Morgan fingerprint density at radius 3 is 1.07 bits per heavy atom. The van der Waals surface area contributed by atoms with E-state index >= 15 is 0 Å². The van der Waals surface area contributed by atoms with Crippen LogP contribution in [0.25, 0.3) is 88.3 Å². The Bertz CT molecular complexity index is 5910. The molecule has 2 heteroatoms. The van der Waals surface area contributed by atoms with E-state index in [1.54, 1.807) is 0 Å². The number of anilines is 6. The molecule has 0 radical (unpaired) electrons. The first-order chi connectivity index (χ1) is 50.6. The van der Waals surface area contributed by atoms with Crippen molar-refractivity contribution in [2.45, 2.75) is 10.8 Å². The van der Waals surface area contributed by atoms with Gasteiger partial charge in [0.2, 0.25) is 0 Å². The highest BCUT2D eigenvalue weighted by Gasteiger charge is 2.49. The molecule has 0 amide bonds. The maximum atomic E-state index is 2.55. The Morgan fingerprint density at radius 1 is 0.176 bits per heavy atom. The topological polar surface area (TPSA) is 6.48 Å². The largest absolute Gasteiger partial charge is 0.309 e. The molecule has 0 spiro atoms. The van der Waals surface area contributed by atoms with Crippen LogP contribution in [0.5, 0.6) is 0 Å². The van der Waals surface area contributed by atoms with Crippen LogP contribution in [-0.2, 0) is 10.8 Å². The van der Waals surface area contributed by atoms with Gasteiger partial charge in [0.15, 0.2) is 0 Å². The zero-order chi connectivity index (χ0) is 67.6. The molecule has 17 aromatic carbocycles. The number of hydrogen-bond acceptors (Lipinski definition) is 2. The van der Waals surface area contributed by atoms with E-state index in [0.717, 1.165) is 83.8 Å². The Morgan fingerprint density at radius 2 is 0.520 bits per heavy atom. The lowest BCUT2D eigenvalue weighted by Gasteiger charge is -2.35. The molecule has 17 aromatic rings. The van der Waals surface area contributed by atoms with Gasteiger partial charge in [0.05, 0.1) is 33.6 Å². The molecule has 478 valence electrons. The first-order valence-electron chi connectivity index (χ1n) is 35.4. The summed E-state index contributed by atoms with van der Waals surface area (Å²) in [6, 6.07) is 153. The number of fused-ring (bicyclic) bond motifs is 8. The van der Waals surface area contributed by atoms with Gasteiger partial charge in [-0.3, -0.25) is 0 Å². The maximum absolute atomic E-state index is 2.55. The molecule has 0 saturated heterocycles. The highest BCUT2D eigenvalue weighted by atomic mass is 15.2. The van der Waals surface area contributed by atoms with Gasteiger partial charge in [-0.2, -0.15) is 0 Å². The van der Waals surface area contributed by atoms with Crippen LogP contribution >= 0.6 is 0 Å². The van der Waals surface area contributed by atoms with Crippen molar-refractivity contribution in [3.63, 3.8) is 0 Å². The summed E-state index contributed by atoms with van der Waals surface area (Å²) in [4.78, 5) is 5.08. The van der Waals surface area contributed by atoms with Crippen LogP contribution in [0.3, 0.4) is 0 Å². The standard InChI is InChI=1S/C100H68N2/c1-7-31-69(32-8-1)74-40-26-49-83(66-74)101(95-59-29-55-91-97(95)87-51-21-23-53-89(87)99(91,79-42-13-4-14-43-79)80-44-15-5-16-45-80)94-58-28-41-76-63-75(61-62-86(76)94)73-39-25-48-82(65-73)100(81-46-17-6-18-47-81)90-54-24-22-52-88(90)98-92(100)56-30-60-96(98)102(93-57-27-38-72-37-19-20-50-85(72)93)84-67-77(70-33-9-2-10-34-70)64-78(68-84)71-35-11-3-12-36-71/h1-68H. The first-order valence-corrected chi connectivity index (χ1v) is 35.4. The molecule has 1 atom stereocenters. The van der Waals surface area contributed by atoms with Crippen LogP contribution in [0.15, 0.2) is 413 Å². The number of benzene rings is 17. The molecule has 19 rings (SSSR count). The van der Waals surface area contributed by atoms with Gasteiger partial charge < -0.3 is 9.80 Å². The second-order valence-electron chi connectivity index (χ2n) is 27.0. The molecule has 0 N–H and O–H groups in total. The lowest BCUT2D eigenvalue weighted by molar-refractivity contribution is 0.768. The van der Waals surface area contributed by atoms with Crippen LogP contribution < -0.4 is 9.80 Å². The molecule has 0 aromatic heterocycles. The molecule has 2 aliphatic rings. The Balaban J connectivity index is 0.796. The van der Waals surface area contributed by atoms with Crippen molar-refractivity contribution in [2.24, 2.45) is 0 Å². The lowest BCUT2D eigenvalue weighted by atomic mass is 9.67. The van der Waals surface area contributed by atoms with Crippen molar-refractivity contribution < 1.29 is 0 Å². The highest BCUT2D eigenvalue weighted by molar-refractivity contribution is 6.07. The van der Waals surface area contributed by atoms with E-state index in [-0.39, 0.29) is 0 Å². The number of rotatable bonds is 14. The normalized spacial score (nSPS) is 13.8. The lowest BCUT2D eigenvalue weighted by Crippen LogP contribution is -2.28. The monoisotopic (exact) mass is 1300 g/mol. The molecule has 0 fully saturated rings. The van der Waals surface area contributed by atoms with E-state index in [2.05, 4.69) is 422 Å². The zero-order valence-electron chi connectivity index (χ0n) is 56.2. The zero-order valence-corrected chi connectivity index (χ0v) is 56.2. The van der Waals surface area contributed by atoms with Crippen LogP contribution in [0.1, 0.15) is 44.5 Å². The average Bonchev–Trinajstić information content (AvgIpc) is 1.53. The van der Waals surface area contributed by atoms with E-state index in [9.17, 15) is 0 Å². The van der Waals surface area contributed by atoms with Gasteiger partial charge in [0, 0.05) is 33.3 Å². The van der Waals surface area contributed by atoms with Gasteiger partial charge in [-0.05, 0) is 178 Å². The van der Waals surface area contributed by atoms with E-state index in [1.807, 2.05) is 0 Å². The Kier molecular flexibility index (Phi) is 14.7. The summed E-state index contributed by atoms with van der Waals surface area (Å²) in [6.45, 7) is 0. The third-order valence-electron chi connectivity index (χ3n) is 21.5. The number of hydrogen-bond donors (Lipinski definition) is 0. The highest BCUT2D eigenvalue weighted by Crippen LogP contribution is 2.62. The minimum atomic E-state index is -0.726. The summed E-state index contributed by atoms with van der Waals surface area (Å²) in [7, 11) is 0. The molecule has 0 saturated carbocycles. The first kappa shape index (κ1) is 60.1. The fraction of sp³-hybridized carbons (Fsp3) is 0.0200. The molecule has 102 heavy (non-hydrogen) atoms. The van der Waals surface area contributed by atoms with E-state index < -0.39 is 10.8 Å². The van der Waals surface area contributed by atoms with Crippen molar-refractivity contribution in [3.8, 4) is 66.8 Å². The second kappa shape index (κ2) is 25.0. The second-order valence-corrected chi connectivity index (χ2v) is 27.0. The molecule has 0 bridgehead atoms. The van der Waals surface area contributed by atoms with Crippen LogP contribution in [-0.4, -0.2) is 0 Å². The smallest absolute Gasteiger partial charge is 0.0714 e. The quantitative estimate of drug-likeness (QED) is 0.107. The van der Waals surface area contributed by atoms with Crippen molar-refractivity contribution in [2.75, 3.05) is 9.80 Å². The molecule has 0 aliphatic heterocycles. The van der Waals surface area contributed by atoms with Crippen LogP contribution in [0.2, 0.25) is 0 Å².